The van der Waals surface area contributed by atoms with E-state index in [1.165, 1.54) is 18.2 Å². The van der Waals surface area contributed by atoms with E-state index in [2.05, 4.69) is 5.32 Å². The van der Waals surface area contributed by atoms with Crippen molar-refractivity contribution in [3.8, 4) is 0 Å². The van der Waals surface area contributed by atoms with E-state index in [0.717, 1.165) is 5.41 Å². The van der Waals surface area contributed by atoms with Gasteiger partial charge in [-0.25, -0.2) is 13.2 Å². The molecule has 2 N–H and O–H groups in total. The van der Waals surface area contributed by atoms with Crippen molar-refractivity contribution in [1.82, 2.24) is 5.32 Å². The van der Waals surface area contributed by atoms with Gasteiger partial charge in [0.25, 0.3) is 0 Å². The summed E-state index contributed by atoms with van der Waals surface area (Å²) >= 11 is 0. The third-order valence-corrected chi connectivity index (χ3v) is 4.10. The molecule has 1 aromatic carbocycles. The van der Waals surface area contributed by atoms with Crippen molar-refractivity contribution in [2.45, 2.75) is 43.8 Å². The molecule has 1 rings (SSSR count). The number of carbonyl (C=O) groups excluding carboxylic acids is 1. The van der Waals surface area contributed by atoms with Crippen molar-refractivity contribution in [3.63, 3.8) is 0 Å². The molecule has 7 heteroatoms. The van der Waals surface area contributed by atoms with Crippen LogP contribution in [0, 0.1) is 0 Å². The zero-order valence-electron chi connectivity index (χ0n) is 13.5. The van der Waals surface area contributed by atoms with Crippen molar-refractivity contribution in [2.75, 3.05) is 6.54 Å². The van der Waals surface area contributed by atoms with Crippen LogP contribution in [0.5, 0.6) is 0 Å². The largest absolute Gasteiger partial charge is 0.444 e. The molecule has 0 bridgehead atoms. The number of rotatable bonds is 6. The number of alkyl carbamates (subject to hydrolysis) is 1. The van der Waals surface area contributed by atoms with Crippen LogP contribution in [0.2, 0.25) is 0 Å². The maximum Gasteiger partial charge on any atom is 0.407 e. The summed E-state index contributed by atoms with van der Waals surface area (Å²) in [5.41, 5.74) is -0.591. The average molecular weight is 341 g/mol. The minimum Gasteiger partial charge on any atom is -0.444 e. The van der Waals surface area contributed by atoms with Gasteiger partial charge in [0.2, 0.25) is 0 Å². The molecule has 0 saturated heterocycles. The zero-order chi connectivity index (χ0) is 17.5. The van der Waals surface area contributed by atoms with Gasteiger partial charge in [-0.1, -0.05) is 18.2 Å². The van der Waals surface area contributed by atoms with Gasteiger partial charge >= 0.3 is 6.09 Å². The van der Waals surface area contributed by atoms with E-state index >= 15 is 0 Å². The van der Waals surface area contributed by atoms with E-state index in [-0.39, 0.29) is 17.9 Å². The molecule has 6 nitrogen and oxygen atoms in total. The molecule has 23 heavy (non-hydrogen) atoms. The van der Waals surface area contributed by atoms with E-state index in [1.54, 1.807) is 39.0 Å². The second-order valence-electron chi connectivity index (χ2n) is 5.97. The number of carbonyl (C=O) groups is 1. The van der Waals surface area contributed by atoms with E-state index in [9.17, 15) is 18.3 Å². The fourth-order valence-corrected chi connectivity index (χ4v) is 2.70. The van der Waals surface area contributed by atoms with Crippen LogP contribution in [0.4, 0.5) is 4.79 Å². The van der Waals surface area contributed by atoms with Crippen molar-refractivity contribution < 1.29 is 23.1 Å². The number of amides is 1. The lowest BCUT2D eigenvalue weighted by Crippen LogP contribution is -2.33. The summed E-state index contributed by atoms with van der Waals surface area (Å²) in [6.45, 7) is 5.42. The molecular formula is C16H23NO5S. The summed E-state index contributed by atoms with van der Waals surface area (Å²) in [7, 11) is -3.57. The molecule has 0 heterocycles. The summed E-state index contributed by atoms with van der Waals surface area (Å²) in [4.78, 5) is 11.6. The van der Waals surface area contributed by atoms with Gasteiger partial charge in [0.05, 0.1) is 11.0 Å². The first-order chi connectivity index (χ1) is 10.6. The van der Waals surface area contributed by atoms with Crippen LogP contribution in [0.25, 0.3) is 0 Å². The first-order valence-electron chi connectivity index (χ1n) is 7.23. The lowest BCUT2D eigenvalue weighted by molar-refractivity contribution is 0.0522. The minimum atomic E-state index is -3.57. The van der Waals surface area contributed by atoms with Gasteiger partial charge in [0.15, 0.2) is 9.84 Å². The van der Waals surface area contributed by atoms with Crippen LogP contribution in [0.15, 0.2) is 46.7 Å². The molecule has 0 aliphatic heterocycles. The Kier molecular flexibility index (Phi) is 6.78. The number of benzene rings is 1. The summed E-state index contributed by atoms with van der Waals surface area (Å²) < 4.78 is 29.0. The van der Waals surface area contributed by atoms with Gasteiger partial charge < -0.3 is 15.2 Å². The Morgan fingerprint density at radius 1 is 1.30 bits per heavy atom. The monoisotopic (exact) mass is 341 g/mol. The van der Waals surface area contributed by atoms with Gasteiger partial charge in [-0.2, -0.15) is 0 Å². The first-order valence-corrected chi connectivity index (χ1v) is 8.78. The number of ether oxygens (including phenoxy) is 1. The van der Waals surface area contributed by atoms with Crippen molar-refractivity contribution >= 4 is 15.9 Å². The Bertz CT molecular complexity index is 632. The molecule has 1 unspecified atom stereocenters. The second kappa shape index (κ2) is 8.12. The first kappa shape index (κ1) is 19.2. The lowest BCUT2D eigenvalue weighted by Gasteiger charge is -2.19. The summed E-state index contributed by atoms with van der Waals surface area (Å²) in [6.07, 6.45) is -0.187. The summed E-state index contributed by atoms with van der Waals surface area (Å²) in [6, 6.07) is 7.94. The predicted molar refractivity (Wildman–Crippen MR) is 87.6 cm³/mol. The Morgan fingerprint density at radius 3 is 2.48 bits per heavy atom. The predicted octanol–water partition coefficient (Wildman–Crippen LogP) is 2.25. The molecule has 1 amide bonds. The van der Waals surface area contributed by atoms with Crippen LogP contribution in [0.3, 0.4) is 0 Å². The fraction of sp³-hybridized carbons (Fsp3) is 0.438. The van der Waals surface area contributed by atoms with E-state index in [0.29, 0.717) is 0 Å². The fourth-order valence-electron chi connectivity index (χ4n) is 1.62. The standard InChI is InChI=1S/C16H23NO5S/c1-16(2,3)22-15(19)17-11-9-13(18)10-12-23(20,21)14-7-5-4-6-8-14/h4-8,10,12-13,18H,9,11H2,1-3H3,(H,17,19)/b12-10+. The van der Waals surface area contributed by atoms with Crippen LogP contribution in [-0.4, -0.2) is 37.9 Å². The lowest BCUT2D eigenvalue weighted by atomic mass is 10.2. The van der Waals surface area contributed by atoms with Gasteiger partial charge in [-0.05, 0) is 45.4 Å². The molecule has 0 radical (unpaired) electrons. The number of aliphatic hydroxyl groups is 1. The SMILES string of the molecule is CC(C)(C)OC(=O)NCCC(O)/C=C/S(=O)(=O)c1ccccc1. The molecule has 128 valence electrons. The van der Waals surface area contributed by atoms with Crippen LogP contribution in [-0.2, 0) is 14.6 Å². The molecule has 0 saturated carbocycles. The Hall–Kier alpha value is -1.86. The molecule has 0 aromatic heterocycles. The number of hydrogen-bond donors (Lipinski definition) is 2. The highest BCUT2D eigenvalue weighted by atomic mass is 32.2. The molecular weight excluding hydrogens is 318 g/mol. The second-order valence-corrected chi connectivity index (χ2v) is 7.80. The summed E-state index contributed by atoms with van der Waals surface area (Å²) in [5, 5.41) is 13.2. The van der Waals surface area contributed by atoms with Crippen molar-refractivity contribution in [3.05, 3.63) is 41.8 Å². The van der Waals surface area contributed by atoms with E-state index in [1.807, 2.05) is 0 Å². The molecule has 1 atom stereocenters. The van der Waals surface area contributed by atoms with Crippen LogP contribution in [0.1, 0.15) is 27.2 Å². The van der Waals surface area contributed by atoms with E-state index < -0.39 is 27.6 Å². The van der Waals surface area contributed by atoms with E-state index in [4.69, 9.17) is 4.74 Å². The van der Waals surface area contributed by atoms with Crippen LogP contribution < -0.4 is 5.32 Å². The van der Waals surface area contributed by atoms with Crippen molar-refractivity contribution in [1.29, 1.82) is 0 Å². The molecule has 0 aliphatic rings. The Morgan fingerprint density at radius 2 is 1.91 bits per heavy atom. The van der Waals surface area contributed by atoms with Gasteiger partial charge in [0, 0.05) is 12.0 Å². The number of hydrogen-bond acceptors (Lipinski definition) is 5. The normalized spacial score (nSPS) is 13.7. The maximum atomic E-state index is 12.0. The van der Waals surface area contributed by atoms with Gasteiger partial charge in [0.1, 0.15) is 5.60 Å². The minimum absolute atomic E-state index is 0.162. The quantitative estimate of drug-likeness (QED) is 0.828. The van der Waals surface area contributed by atoms with Gasteiger partial charge in [-0.3, -0.25) is 0 Å². The molecule has 0 fully saturated rings. The van der Waals surface area contributed by atoms with Crippen molar-refractivity contribution in [2.24, 2.45) is 0 Å². The van der Waals surface area contributed by atoms with Gasteiger partial charge in [-0.15, -0.1) is 0 Å². The third-order valence-electron chi connectivity index (χ3n) is 2.66. The summed E-state index contributed by atoms with van der Waals surface area (Å²) in [5.74, 6) is 0. The van der Waals surface area contributed by atoms with Crippen LogP contribution >= 0.6 is 0 Å². The maximum absolute atomic E-state index is 12.0. The smallest absolute Gasteiger partial charge is 0.407 e. The number of aliphatic hydroxyl groups excluding tert-OH is 1. The zero-order valence-corrected chi connectivity index (χ0v) is 14.3. The molecule has 0 spiro atoms. The topological polar surface area (TPSA) is 92.7 Å². The Balaban J connectivity index is 2.45. The highest BCUT2D eigenvalue weighted by Crippen LogP contribution is 2.12. The number of sulfone groups is 1. The Labute approximate surface area is 137 Å². The molecule has 0 aliphatic carbocycles. The highest BCUT2D eigenvalue weighted by Gasteiger charge is 2.16. The highest BCUT2D eigenvalue weighted by molar-refractivity contribution is 7.94. The number of nitrogens with one attached hydrogen (secondary N) is 1. The third kappa shape index (κ3) is 7.80. The average Bonchev–Trinajstić information content (AvgIpc) is 2.44. The molecule has 1 aromatic rings.